The van der Waals surface area contributed by atoms with E-state index < -0.39 is 0 Å². The van der Waals surface area contributed by atoms with Gasteiger partial charge in [0.05, 0.1) is 26.8 Å². The van der Waals surface area contributed by atoms with Gasteiger partial charge in [0.15, 0.2) is 0 Å². The number of aryl methyl sites for hydroxylation is 3. The highest BCUT2D eigenvalue weighted by atomic mass is 127. The lowest BCUT2D eigenvalue weighted by atomic mass is 9.91. The van der Waals surface area contributed by atoms with Crippen molar-refractivity contribution in [2.75, 3.05) is 58.2 Å². The lowest BCUT2D eigenvalue weighted by molar-refractivity contribution is 0.0515. The Labute approximate surface area is 463 Å². The molecule has 8 rings (SSSR count). The highest BCUT2D eigenvalue weighted by Crippen LogP contribution is 2.28. The number of hydrogen-bond acceptors (Lipinski definition) is 11. The number of nitrogens with zero attached hydrogens (tertiary/aromatic N) is 9. The van der Waals surface area contributed by atoms with Crippen LogP contribution in [0.15, 0.2) is 90.7 Å². The Morgan fingerprint density at radius 3 is 1.63 bits per heavy atom. The van der Waals surface area contributed by atoms with Crippen molar-refractivity contribution in [1.29, 1.82) is 0 Å². The van der Waals surface area contributed by atoms with Crippen LogP contribution in [0.1, 0.15) is 84.2 Å². The molecule has 0 unspecified atom stereocenters. The third kappa shape index (κ3) is 17.4. The van der Waals surface area contributed by atoms with Crippen LogP contribution in [0, 0.1) is 11.8 Å². The first-order valence-electron chi connectivity index (χ1n) is 22.5. The van der Waals surface area contributed by atoms with Crippen LogP contribution in [0.5, 0.6) is 0 Å². The molecule has 4 aromatic heterocycles. The molecule has 0 amide bonds. The number of aromatic nitrogens is 6. The van der Waals surface area contributed by atoms with Crippen molar-refractivity contribution in [1.82, 2.24) is 29.1 Å². The first kappa shape index (κ1) is 55.5. The quantitative estimate of drug-likeness (QED) is 0.0476. The topological polar surface area (TPSA) is 133 Å². The summed E-state index contributed by atoms with van der Waals surface area (Å²) in [5.41, 5.74) is 5.96. The first-order valence-corrected chi connectivity index (χ1v) is 29.3. The van der Waals surface area contributed by atoms with Crippen molar-refractivity contribution >= 4 is 165 Å². The number of hydrogen-bond donors (Lipinski definition) is 0. The monoisotopic (exact) mass is 1470 g/mol. The van der Waals surface area contributed by atoms with Gasteiger partial charge in [0.25, 0.3) is 0 Å². The number of carbonyl (C=O) groups is 2. The van der Waals surface area contributed by atoms with Crippen LogP contribution in [-0.4, -0.2) is 95.5 Å². The zero-order valence-electron chi connectivity index (χ0n) is 38.5. The van der Waals surface area contributed by atoms with E-state index in [4.69, 9.17) is 14.5 Å². The minimum Gasteiger partial charge on any atom is -0.462 e. The Kier molecular flexibility index (Phi) is 24.6. The number of para-hydroxylation sites is 2. The fraction of sp³-hybridized carbons (Fsp3) is 0.449. The van der Waals surface area contributed by atoms with E-state index in [0.717, 1.165) is 57.8 Å². The molecule has 2 aliphatic heterocycles. The molecule has 2 saturated heterocycles. The van der Waals surface area contributed by atoms with E-state index in [1.165, 1.54) is 61.1 Å². The van der Waals surface area contributed by atoms with Gasteiger partial charge < -0.3 is 28.4 Å². The SMILES string of the molecule is CCOC(=O)c1cnc(N2CCC(CCCc3cn(C)c4ccccc34)CC2)nc1.CCOC(=O)c1cnc(N2CCC(CN=Cc3cn(C)c4ccccc34)CC2)nc1.IC(I)I.ICI. The van der Waals surface area contributed by atoms with E-state index in [1.54, 1.807) is 38.6 Å². The second-order valence-electron chi connectivity index (χ2n) is 16.1. The average molecular weight is 1470 g/mol. The minimum atomic E-state index is -0.383. The molecule has 0 atom stereocenters. The van der Waals surface area contributed by atoms with E-state index in [0.29, 0.717) is 42.2 Å². The molecule has 0 aliphatic carbocycles. The number of esters is 2. The zero-order valence-corrected chi connectivity index (χ0v) is 49.3. The van der Waals surface area contributed by atoms with Gasteiger partial charge >= 0.3 is 11.9 Å². The van der Waals surface area contributed by atoms with Crippen molar-refractivity contribution in [3.8, 4) is 0 Å². The number of benzene rings is 2. The summed E-state index contributed by atoms with van der Waals surface area (Å²) in [4.78, 5) is 50.0. The molecule has 2 fully saturated rings. The summed E-state index contributed by atoms with van der Waals surface area (Å²) in [5.74, 6) is 1.94. The summed E-state index contributed by atoms with van der Waals surface area (Å²) in [6.07, 6.45) is 20.7. The maximum absolute atomic E-state index is 11.7. The lowest BCUT2D eigenvalue weighted by Crippen LogP contribution is -2.35. The highest BCUT2D eigenvalue weighted by Gasteiger charge is 2.23. The van der Waals surface area contributed by atoms with E-state index in [1.807, 2.05) is 6.21 Å². The molecule has 0 saturated carbocycles. The van der Waals surface area contributed by atoms with Crippen LogP contribution in [0.2, 0.25) is 0 Å². The molecule has 67 heavy (non-hydrogen) atoms. The Bertz CT molecular complexity index is 2450. The van der Waals surface area contributed by atoms with Gasteiger partial charge in [-0.1, -0.05) is 149 Å². The van der Waals surface area contributed by atoms with Gasteiger partial charge in [0, 0.05) is 118 Å². The molecule has 2 aromatic carbocycles. The number of halogens is 5. The van der Waals surface area contributed by atoms with E-state index in [9.17, 15) is 9.59 Å². The standard InChI is InChI=1S/C24H30N4O2.C23H27N5O2.CHI3.CH2I2/c1-3-30-23(29)20-15-25-24(26-16-20)28-13-11-18(12-14-28)7-6-8-19-17-27(2)22-10-5-4-9-21(19)22;1-3-30-22(29)18-14-25-23(26-15-18)28-10-8-17(9-11-28)12-24-13-19-16-27(2)21-7-5-4-6-20(19)21;2-1(3)4;2-1-3/h4-5,9-10,15-18H,3,6-8,11-14H2,1-2H3;4-7,13-17H,3,8-12H2,1-2H3;1H;1H2. The molecule has 18 heteroatoms. The largest absolute Gasteiger partial charge is 0.462 e. The van der Waals surface area contributed by atoms with E-state index in [2.05, 4.69) is 227 Å². The first-order chi connectivity index (χ1) is 32.5. The Morgan fingerprint density at radius 1 is 0.701 bits per heavy atom. The summed E-state index contributed by atoms with van der Waals surface area (Å²) in [5, 5.41) is 2.63. The number of piperidine rings is 2. The maximum Gasteiger partial charge on any atom is 0.341 e. The maximum atomic E-state index is 11.7. The molecule has 0 spiro atoms. The van der Waals surface area contributed by atoms with Crippen LogP contribution in [0.25, 0.3) is 21.8 Å². The Hall–Kier alpha value is -2.46. The molecule has 6 heterocycles. The molecule has 360 valence electrons. The molecular weight excluding hydrogens is 1410 g/mol. The van der Waals surface area contributed by atoms with Crippen molar-refractivity contribution in [2.45, 2.75) is 58.7 Å². The van der Waals surface area contributed by atoms with Gasteiger partial charge in [-0.25, -0.2) is 29.5 Å². The molecule has 2 aliphatic rings. The van der Waals surface area contributed by atoms with E-state index >= 15 is 0 Å². The van der Waals surface area contributed by atoms with Crippen LogP contribution in [-0.2, 0) is 30.0 Å². The van der Waals surface area contributed by atoms with Crippen molar-refractivity contribution in [3.05, 3.63) is 108 Å². The van der Waals surface area contributed by atoms with Gasteiger partial charge in [0.1, 0.15) is -0.0619 Å². The summed E-state index contributed by atoms with van der Waals surface area (Å²) in [7, 11) is 4.19. The van der Waals surface area contributed by atoms with Crippen molar-refractivity contribution < 1.29 is 19.1 Å². The molecule has 0 radical (unpaired) electrons. The molecule has 0 N–H and O–H groups in total. The van der Waals surface area contributed by atoms with Gasteiger partial charge in [-0.2, -0.15) is 0 Å². The number of aliphatic imine (C=N–C) groups is 1. The number of fused-ring (bicyclic) bond motifs is 2. The second kappa shape index (κ2) is 29.7. The van der Waals surface area contributed by atoms with Crippen molar-refractivity contribution in [2.24, 2.45) is 30.9 Å². The Morgan fingerprint density at radius 2 is 1.13 bits per heavy atom. The lowest BCUT2D eigenvalue weighted by Gasteiger charge is -2.32. The highest BCUT2D eigenvalue weighted by molar-refractivity contribution is 14.3. The van der Waals surface area contributed by atoms with Crippen molar-refractivity contribution in [3.63, 3.8) is 0 Å². The fourth-order valence-electron chi connectivity index (χ4n) is 8.33. The fourth-order valence-corrected chi connectivity index (χ4v) is 8.33. The van der Waals surface area contributed by atoms with E-state index in [-0.39, 0.29) is 11.9 Å². The normalized spacial score (nSPS) is 14.3. The average Bonchev–Trinajstić information content (AvgIpc) is 3.84. The number of rotatable bonds is 13. The van der Waals surface area contributed by atoms with Crippen LogP contribution in [0.3, 0.4) is 0 Å². The van der Waals surface area contributed by atoms with Crippen LogP contribution in [0.4, 0.5) is 11.9 Å². The summed E-state index contributed by atoms with van der Waals surface area (Å²) < 4.78 is 16.3. The zero-order chi connectivity index (χ0) is 48.1. The molecule has 6 aromatic rings. The van der Waals surface area contributed by atoms with Crippen LogP contribution >= 0.6 is 113 Å². The summed E-state index contributed by atoms with van der Waals surface area (Å²) in [6, 6.07) is 17.1. The smallest absolute Gasteiger partial charge is 0.341 e. The predicted octanol–water partition coefficient (Wildman–Crippen LogP) is 12.3. The number of alkyl halides is 5. The number of anilines is 2. The summed E-state index contributed by atoms with van der Waals surface area (Å²) in [6.45, 7) is 8.84. The van der Waals surface area contributed by atoms with Gasteiger partial charge in [-0.05, 0) is 88.3 Å². The minimum absolute atomic E-state index is 0.344. The molecule has 0 bridgehead atoms. The third-order valence-corrected chi connectivity index (χ3v) is 11.7. The Balaban J connectivity index is 0.000000220. The number of ether oxygens (including phenoxy) is 2. The molecular formula is C49H60I5N9O4. The third-order valence-electron chi connectivity index (χ3n) is 11.7. The number of carbonyl (C=O) groups excluding carboxylic acids is 2. The molecule has 13 nitrogen and oxygen atoms in total. The van der Waals surface area contributed by atoms with Crippen LogP contribution < -0.4 is 9.80 Å². The van der Waals surface area contributed by atoms with Gasteiger partial charge in [-0.3, -0.25) is 4.99 Å². The second-order valence-corrected chi connectivity index (χ2v) is 31.4. The van der Waals surface area contributed by atoms with Gasteiger partial charge in [0.2, 0.25) is 11.9 Å². The summed E-state index contributed by atoms with van der Waals surface area (Å²) >= 11 is 11.5. The predicted molar refractivity (Wildman–Crippen MR) is 316 cm³/mol. The van der Waals surface area contributed by atoms with Gasteiger partial charge in [-0.15, -0.1) is 0 Å².